The first-order valence-corrected chi connectivity index (χ1v) is 5.45. The normalized spacial score (nSPS) is 14.3. The number of fused-ring (bicyclic) bond motifs is 1. The van der Waals surface area contributed by atoms with Gasteiger partial charge < -0.3 is 0 Å². The third kappa shape index (κ3) is 1.11. The number of nitrogens with zero attached hydrogens (tertiary/aromatic N) is 3. The van der Waals surface area contributed by atoms with Crippen molar-refractivity contribution in [2.45, 2.75) is 12.8 Å². The molecule has 14 heavy (non-hydrogen) atoms. The van der Waals surface area contributed by atoms with Crippen LogP contribution in [0.25, 0.3) is 11.1 Å². The Bertz CT molecular complexity index is 468. The summed E-state index contributed by atoms with van der Waals surface area (Å²) in [6.45, 7) is 0. The molecule has 0 fully saturated rings. The summed E-state index contributed by atoms with van der Waals surface area (Å²) < 4.78 is 2.00. The Morgan fingerprint density at radius 2 is 2.36 bits per heavy atom. The highest BCUT2D eigenvalue weighted by Gasteiger charge is 2.12. The molecule has 0 saturated carbocycles. The van der Waals surface area contributed by atoms with Crippen LogP contribution in [0, 0.1) is 0 Å². The quantitative estimate of drug-likeness (QED) is 0.712. The molecule has 0 amide bonds. The van der Waals surface area contributed by atoms with E-state index in [0.717, 1.165) is 17.8 Å². The zero-order chi connectivity index (χ0) is 9.38. The maximum atomic E-state index is 4.38. The Hall–Kier alpha value is -1.42. The lowest BCUT2D eigenvalue weighted by molar-refractivity contribution is 0.799. The Morgan fingerprint density at radius 1 is 1.36 bits per heavy atom. The molecule has 2 heterocycles. The largest absolute Gasteiger partial charge is 0.251 e. The molecule has 1 aliphatic carbocycles. The van der Waals surface area contributed by atoms with Gasteiger partial charge in [0.15, 0.2) is 0 Å². The van der Waals surface area contributed by atoms with E-state index in [0.29, 0.717) is 0 Å². The van der Waals surface area contributed by atoms with E-state index in [4.69, 9.17) is 0 Å². The maximum absolute atomic E-state index is 4.38. The zero-order valence-electron chi connectivity index (χ0n) is 7.55. The molecule has 0 atom stereocenters. The van der Waals surface area contributed by atoms with Gasteiger partial charge in [0, 0.05) is 5.56 Å². The van der Waals surface area contributed by atoms with Gasteiger partial charge in [0.1, 0.15) is 5.00 Å². The summed E-state index contributed by atoms with van der Waals surface area (Å²) >= 11 is 1.62. The fourth-order valence-corrected chi connectivity index (χ4v) is 2.32. The van der Waals surface area contributed by atoms with E-state index in [2.05, 4.69) is 22.2 Å². The van der Waals surface area contributed by atoms with Crippen LogP contribution in [0.2, 0.25) is 0 Å². The molecule has 2 aromatic rings. The van der Waals surface area contributed by atoms with Gasteiger partial charge in [0.2, 0.25) is 0 Å². The number of hydrogen-bond donors (Lipinski definition) is 0. The highest BCUT2D eigenvalue weighted by Crippen LogP contribution is 2.23. The number of allylic oxidation sites excluding steroid dienone is 1. The van der Waals surface area contributed by atoms with Gasteiger partial charge in [-0.25, -0.2) is 4.68 Å². The molecule has 0 spiro atoms. The number of hydrogen-bond acceptors (Lipinski definition) is 3. The predicted molar refractivity (Wildman–Crippen MR) is 56.6 cm³/mol. The summed E-state index contributed by atoms with van der Waals surface area (Å²) in [6.07, 6.45) is 10.3. The van der Waals surface area contributed by atoms with E-state index in [9.17, 15) is 0 Å². The number of rotatable bonds is 1. The first-order valence-electron chi connectivity index (χ1n) is 4.57. The summed E-state index contributed by atoms with van der Waals surface area (Å²) in [5.41, 5.74) is 4.38. The summed E-state index contributed by atoms with van der Waals surface area (Å²) in [6, 6.07) is 0. The molecule has 0 N–H and O–H groups in total. The van der Waals surface area contributed by atoms with Gasteiger partial charge in [-0.2, -0.15) is 5.10 Å². The standard InChI is InChI=1S/C10H9N3S/c1-2-4-9-8(3-1)5-12-13(9)10-6-11-7-14-10/h1,3,5-7H,2,4H2. The SMILES string of the molecule is C1=Cc2cnn(-c3cncs3)c2CC1. The Labute approximate surface area is 85.7 Å². The van der Waals surface area contributed by atoms with Gasteiger partial charge in [-0.3, -0.25) is 4.98 Å². The lowest BCUT2D eigenvalue weighted by Crippen LogP contribution is -2.02. The van der Waals surface area contributed by atoms with Crippen molar-refractivity contribution in [3.63, 3.8) is 0 Å². The van der Waals surface area contributed by atoms with E-state index >= 15 is 0 Å². The summed E-state index contributed by atoms with van der Waals surface area (Å²) in [7, 11) is 0. The highest BCUT2D eigenvalue weighted by molar-refractivity contribution is 7.12. The van der Waals surface area contributed by atoms with Gasteiger partial charge in [-0.05, 0) is 12.8 Å². The molecule has 3 nitrogen and oxygen atoms in total. The first-order chi connectivity index (χ1) is 6.95. The van der Waals surface area contributed by atoms with Gasteiger partial charge in [0.05, 0.1) is 23.6 Å². The van der Waals surface area contributed by atoms with Crippen LogP contribution in [0.1, 0.15) is 17.7 Å². The molecule has 0 bridgehead atoms. The van der Waals surface area contributed by atoms with Crippen LogP contribution in [0.4, 0.5) is 0 Å². The van der Waals surface area contributed by atoms with Crippen molar-refractivity contribution < 1.29 is 0 Å². The topological polar surface area (TPSA) is 30.7 Å². The smallest absolute Gasteiger partial charge is 0.137 e. The summed E-state index contributed by atoms with van der Waals surface area (Å²) in [5, 5.41) is 5.47. The zero-order valence-corrected chi connectivity index (χ0v) is 8.37. The molecule has 4 heteroatoms. The third-order valence-electron chi connectivity index (χ3n) is 2.37. The van der Waals surface area contributed by atoms with Crippen molar-refractivity contribution >= 4 is 17.4 Å². The van der Waals surface area contributed by atoms with Crippen molar-refractivity contribution in [1.82, 2.24) is 14.8 Å². The summed E-state index contributed by atoms with van der Waals surface area (Å²) in [4.78, 5) is 4.07. The van der Waals surface area contributed by atoms with Crippen molar-refractivity contribution in [1.29, 1.82) is 0 Å². The van der Waals surface area contributed by atoms with Gasteiger partial charge >= 0.3 is 0 Å². The number of aromatic nitrogens is 3. The summed E-state index contributed by atoms with van der Waals surface area (Å²) in [5.74, 6) is 0. The molecule has 0 aromatic carbocycles. The van der Waals surface area contributed by atoms with E-state index in [1.54, 1.807) is 11.3 Å². The minimum absolute atomic E-state index is 1.07. The fourth-order valence-electron chi connectivity index (χ4n) is 1.71. The molecule has 3 rings (SSSR count). The Balaban J connectivity index is 2.16. The van der Waals surface area contributed by atoms with Crippen LogP contribution in [-0.2, 0) is 6.42 Å². The van der Waals surface area contributed by atoms with Crippen LogP contribution in [0.3, 0.4) is 0 Å². The minimum atomic E-state index is 1.07. The lowest BCUT2D eigenvalue weighted by atomic mass is 10.1. The second-order valence-electron chi connectivity index (χ2n) is 3.24. The molecular weight excluding hydrogens is 194 g/mol. The molecular formula is C10H9N3S. The lowest BCUT2D eigenvalue weighted by Gasteiger charge is -2.07. The first kappa shape index (κ1) is 7.94. The number of thiazole rings is 1. The van der Waals surface area contributed by atoms with Gasteiger partial charge in [0.25, 0.3) is 0 Å². The molecule has 70 valence electrons. The van der Waals surface area contributed by atoms with Crippen molar-refractivity contribution in [2.24, 2.45) is 0 Å². The van der Waals surface area contributed by atoms with Crippen molar-refractivity contribution in [3.8, 4) is 5.00 Å². The Morgan fingerprint density at radius 3 is 3.21 bits per heavy atom. The monoisotopic (exact) mass is 203 g/mol. The van der Waals surface area contributed by atoms with Crippen LogP contribution >= 0.6 is 11.3 Å². The molecule has 2 aromatic heterocycles. The second kappa shape index (κ2) is 3.06. The maximum Gasteiger partial charge on any atom is 0.137 e. The molecule has 0 radical (unpaired) electrons. The Kier molecular flexibility index (Phi) is 1.73. The van der Waals surface area contributed by atoms with Gasteiger partial charge in [-0.1, -0.05) is 12.2 Å². The van der Waals surface area contributed by atoms with E-state index < -0.39 is 0 Å². The minimum Gasteiger partial charge on any atom is -0.251 e. The fraction of sp³-hybridized carbons (Fsp3) is 0.200. The van der Waals surface area contributed by atoms with Crippen LogP contribution in [-0.4, -0.2) is 14.8 Å². The second-order valence-corrected chi connectivity index (χ2v) is 4.10. The predicted octanol–water partition coefficient (Wildman–Crippen LogP) is 2.29. The highest BCUT2D eigenvalue weighted by atomic mass is 32.1. The molecule has 0 aliphatic heterocycles. The van der Waals surface area contributed by atoms with Crippen LogP contribution in [0.5, 0.6) is 0 Å². The van der Waals surface area contributed by atoms with E-state index in [1.807, 2.05) is 22.6 Å². The van der Waals surface area contributed by atoms with E-state index in [-0.39, 0.29) is 0 Å². The average molecular weight is 203 g/mol. The van der Waals surface area contributed by atoms with E-state index in [1.165, 1.54) is 11.3 Å². The van der Waals surface area contributed by atoms with Gasteiger partial charge in [-0.15, -0.1) is 11.3 Å². The van der Waals surface area contributed by atoms with Crippen molar-refractivity contribution in [3.05, 3.63) is 35.2 Å². The molecule has 1 aliphatic rings. The molecule has 0 saturated heterocycles. The average Bonchev–Trinajstić information content (AvgIpc) is 2.85. The van der Waals surface area contributed by atoms with Crippen molar-refractivity contribution in [2.75, 3.05) is 0 Å². The molecule has 0 unspecified atom stereocenters. The van der Waals surface area contributed by atoms with Crippen LogP contribution in [0.15, 0.2) is 24.0 Å². The van der Waals surface area contributed by atoms with Crippen LogP contribution < -0.4 is 0 Å². The third-order valence-corrected chi connectivity index (χ3v) is 3.12.